The van der Waals surface area contributed by atoms with Crippen LogP contribution in [0.3, 0.4) is 0 Å². The van der Waals surface area contributed by atoms with Crippen molar-refractivity contribution in [2.45, 2.75) is 46.1 Å². The van der Waals surface area contributed by atoms with Crippen molar-refractivity contribution in [1.82, 2.24) is 10.2 Å². The number of ether oxygens (including phenoxy) is 1. The van der Waals surface area contributed by atoms with Gasteiger partial charge in [-0.25, -0.2) is 4.79 Å². The van der Waals surface area contributed by atoms with Crippen LogP contribution in [0.2, 0.25) is 0 Å². The lowest BCUT2D eigenvalue weighted by Crippen LogP contribution is -2.59. The molecule has 0 aromatic carbocycles. The van der Waals surface area contributed by atoms with E-state index in [1.54, 1.807) is 0 Å². The summed E-state index contributed by atoms with van der Waals surface area (Å²) in [6, 6.07) is 0. The number of nitrogens with two attached hydrogens (primary N) is 1. The minimum absolute atomic E-state index is 0.198. The van der Waals surface area contributed by atoms with Gasteiger partial charge < -0.3 is 20.7 Å². The molecule has 5 heteroatoms. The van der Waals surface area contributed by atoms with E-state index in [1.165, 1.54) is 0 Å². The van der Waals surface area contributed by atoms with E-state index < -0.39 is 5.60 Å². The molecule has 2 aliphatic heterocycles. The van der Waals surface area contributed by atoms with Gasteiger partial charge in [0, 0.05) is 13.1 Å². The third-order valence-electron chi connectivity index (χ3n) is 5.20. The number of nitrogens with one attached hydrogen (secondary N) is 1. The van der Waals surface area contributed by atoms with Gasteiger partial charge in [0.15, 0.2) is 0 Å². The van der Waals surface area contributed by atoms with E-state index in [0.29, 0.717) is 23.8 Å². The first-order valence-electron chi connectivity index (χ1n) is 8.17. The number of amides is 1. The highest BCUT2D eigenvalue weighted by Gasteiger charge is 2.48. The maximum atomic E-state index is 12.3. The first kappa shape index (κ1) is 16.6. The van der Waals surface area contributed by atoms with Crippen molar-refractivity contribution < 1.29 is 9.53 Å². The Bertz CT molecular complexity index is 372. The third-order valence-corrected chi connectivity index (χ3v) is 5.20. The zero-order valence-electron chi connectivity index (χ0n) is 13.9. The topological polar surface area (TPSA) is 67.6 Å². The van der Waals surface area contributed by atoms with E-state index in [-0.39, 0.29) is 6.09 Å². The maximum absolute atomic E-state index is 12.3. The number of carbonyl (C=O) groups excluding carboxylic acids is 1. The maximum Gasteiger partial charge on any atom is 0.410 e. The quantitative estimate of drug-likeness (QED) is 0.774. The Morgan fingerprint density at radius 1 is 1.33 bits per heavy atom. The molecule has 2 rings (SSSR count). The molecule has 5 nitrogen and oxygen atoms in total. The predicted octanol–water partition coefficient (Wildman–Crippen LogP) is 1.82. The van der Waals surface area contributed by atoms with E-state index in [1.807, 2.05) is 25.7 Å². The number of hydrogen-bond donors (Lipinski definition) is 2. The van der Waals surface area contributed by atoms with Gasteiger partial charge in [-0.3, -0.25) is 0 Å². The van der Waals surface area contributed by atoms with Crippen molar-refractivity contribution in [3.05, 3.63) is 0 Å². The lowest BCUT2D eigenvalue weighted by atomic mass is 9.59. The summed E-state index contributed by atoms with van der Waals surface area (Å²) < 4.78 is 5.53. The SMILES string of the molecule is CC1CN(C(=O)OC(C)(C)C)CC(CN)C12CCNCC2. The fourth-order valence-corrected chi connectivity index (χ4v) is 4.02. The molecule has 0 aromatic heterocycles. The van der Waals surface area contributed by atoms with Crippen LogP contribution in [0, 0.1) is 17.3 Å². The summed E-state index contributed by atoms with van der Waals surface area (Å²) >= 11 is 0. The van der Waals surface area contributed by atoms with E-state index in [4.69, 9.17) is 10.5 Å². The molecular formula is C16H31N3O2. The summed E-state index contributed by atoms with van der Waals surface area (Å²) in [5.74, 6) is 0.838. The van der Waals surface area contributed by atoms with Gasteiger partial charge in [0.1, 0.15) is 5.60 Å². The van der Waals surface area contributed by atoms with E-state index in [2.05, 4.69) is 12.2 Å². The Kier molecular flexibility index (Phi) is 4.83. The zero-order chi connectivity index (χ0) is 15.7. The van der Waals surface area contributed by atoms with Crippen LogP contribution < -0.4 is 11.1 Å². The molecule has 2 heterocycles. The first-order valence-corrected chi connectivity index (χ1v) is 8.17. The van der Waals surface area contributed by atoms with Crippen molar-refractivity contribution in [2.24, 2.45) is 23.0 Å². The number of rotatable bonds is 1. The Labute approximate surface area is 128 Å². The molecule has 2 fully saturated rings. The number of hydrogen-bond acceptors (Lipinski definition) is 4. The molecule has 122 valence electrons. The van der Waals surface area contributed by atoms with Crippen LogP contribution in [0.15, 0.2) is 0 Å². The lowest BCUT2D eigenvalue weighted by molar-refractivity contribution is -0.0481. The summed E-state index contributed by atoms with van der Waals surface area (Å²) in [6.45, 7) is 12.3. The lowest BCUT2D eigenvalue weighted by Gasteiger charge is -2.53. The Morgan fingerprint density at radius 2 is 1.95 bits per heavy atom. The van der Waals surface area contributed by atoms with E-state index in [0.717, 1.165) is 39.0 Å². The van der Waals surface area contributed by atoms with Crippen LogP contribution in [0.4, 0.5) is 4.79 Å². The average molecular weight is 297 g/mol. The fraction of sp³-hybridized carbons (Fsp3) is 0.938. The van der Waals surface area contributed by atoms with E-state index >= 15 is 0 Å². The molecule has 3 N–H and O–H groups in total. The van der Waals surface area contributed by atoms with Gasteiger partial charge in [-0.05, 0) is 70.5 Å². The van der Waals surface area contributed by atoms with Crippen molar-refractivity contribution in [1.29, 1.82) is 0 Å². The fourth-order valence-electron chi connectivity index (χ4n) is 4.02. The molecular weight excluding hydrogens is 266 g/mol. The number of piperidine rings is 2. The Hall–Kier alpha value is -0.810. The molecule has 2 unspecified atom stereocenters. The Morgan fingerprint density at radius 3 is 2.48 bits per heavy atom. The third kappa shape index (κ3) is 3.51. The highest BCUT2D eigenvalue weighted by atomic mass is 16.6. The van der Waals surface area contributed by atoms with Gasteiger partial charge in [-0.2, -0.15) is 0 Å². The van der Waals surface area contributed by atoms with Crippen molar-refractivity contribution in [3.63, 3.8) is 0 Å². The minimum Gasteiger partial charge on any atom is -0.444 e. The summed E-state index contributed by atoms with van der Waals surface area (Å²) in [7, 11) is 0. The monoisotopic (exact) mass is 297 g/mol. The van der Waals surface area contributed by atoms with Crippen LogP contribution >= 0.6 is 0 Å². The van der Waals surface area contributed by atoms with Gasteiger partial charge in [0.2, 0.25) is 0 Å². The summed E-state index contributed by atoms with van der Waals surface area (Å²) in [6.07, 6.45) is 2.13. The molecule has 21 heavy (non-hydrogen) atoms. The van der Waals surface area contributed by atoms with Gasteiger partial charge in [-0.1, -0.05) is 6.92 Å². The molecule has 0 aromatic rings. The number of likely N-dealkylation sites (tertiary alicyclic amines) is 1. The van der Waals surface area contributed by atoms with Crippen LogP contribution in [-0.4, -0.2) is 49.3 Å². The predicted molar refractivity (Wildman–Crippen MR) is 84.1 cm³/mol. The highest BCUT2D eigenvalue weighted by molar-refractivity contribution is 5.68. The second kappa shape index (κ2) is 6.13. The molecule has 0 bridgehead atoms. The van der Waals surface area contributed by atoms with Crippen molar-refractivity contribution >= 4 is 6.09 Å². The van der Waals surface area contributed by atoms with Crippen LogP contribution in [0.25, 0.3) is 0 Å². The second-order valence-electron chi connectivity index (χ2n) is 7.70. The highest BCUT2D eigenvalue weighted by Crippen LogP contribution is 2.47. The van der Waals surface area contributed by atoms with E-state index in [9.17, 15) is 4.79 Å². The molecule has 1 amide bonds. The van der Waals surface area contributed by atoms with Crippen molar-refractivity contribution in [2.75, 3.05) is 32.7 Å². The summed E-state index contributed by atoms with van der Waals surface area (Å²) in [5, 5.41) is 3.44. The molecule has 0 saturated carbocycles. The van der Waals surface area contributed by atoms with Gasteiger partial charge >= 0.3 is 6.09 Å². The van der Waals surface area contributed by atoms with Crippen LogP contribution in [0.5, 0.6) is 0 Å². The summed E-state index contributed by atoms with van der Waals surface area (Å²) in [4.78, 5) is 14.2. The molecule has 2 atom stereocenters. The number of nitrogens with zero attached hydrogens (tertiary/aromatic N) is 1. The number of carbonyl (C=O) groups is 1. The van der Waals surface area contributed by atoms with Gasteiger partial charge in [0.25, 0.3) is 0 Å². The van der Waals surface area contributed by atoms with Crippen LogP contribution in [0.1, 0.15) is 40.5 Å². The first-order chi connectivity index (χ1) is 9.78. The standard InChI is InChI=1S/C16H31N3O2/c1-12-10-19(14(20)21-15(2,3)4)11-13(9-17)16(12)5-7-18-8-6-16/h12-13,18H,5-11,17H2,1-4H3. The average Bonchev–Trinajstić information content (AvgIpc) is 2.41. The molecule has 2 saturated heterocycles. The zero-order valence-corrected chi connectivity index (χ0v) is 13.9. The smallest absolute Gasteiger partial charge is 0.410 e. The normalized spacial score (nSPS) is 29.5. The molecule has 0 aliphatic carbocycles. The van der Waals surface area contributed by atoms with Gasteiger partial charge in [0.05, 0.1) is 0 Å². The van der Waals surface area contributed by atoms with Crippen molar-refractivity contribution in [3.8, 4) is 0 Å². The molecule has 1 spiro atoms. The molecule has 2 aliphatic rings. The van der Waals surface area contributed by atoms with Gasteiger partial charge in [-0.15, -0.1) is 0 Å². The summed E-state index contributed by atoms with van der Waals surface area (Å²) in [5.41, 5.74) is 5.91. The molecule has 0 radical (unpaired) electrons. The second-order valence-corrected chi connectivity index (χ2v) is 7.70. The van der Waals surface area contributed by atoms with Crippen LogP contribution in [-0.2, 0) is 4.74 Å². The minimum atomic E-state index is -0.442. The Balaban J connectivity index is 2.09. The largest absolute Gasteiger partial charge is 0.444 e.